The minimum Gasteiger partial charge on any atom is -0.355 e. The summed E-state index contributed by atoms with van der Waals surface area (Å²) in [6, 6.07) is 0. The maximum atomic E-state index is 11.2. The van der Waals surface area contributed by atoms with Crippen LogP contribution in [0.1, 0.15) is 40.0 Å². The summed E-state index contributed by atoms with van der Waals surface area (Å²) in [5.41, 5.74) is 0. The molecule has 0 aromatic carbocycles. The topological polar surface area (TPSA) is 29.1 Å². The molecule has 0 rings (SSSR count). The summed E-state index contributed by atoms with van der Waals surface area (Å²) in [4.78, 5) is 11.6. The van der Waals surface area contributed by atoms with Crippen LogP contribution in [0.4, 0.5) is 0 Å². The first-order chi connectivity index (χ1) is 6.06. The molecule has 13 heavy (non-hydrogen) atoms. The first-order valence-corrected chi connectivity index (χ1v) is 5.88. The van der Waals surface area contributed by atoms with Crippen LogP contribution >= 0.6 is 15.9 Å². The number of carbonyl (C=O) groups is 1. The summed E-state index contributed by atoms with van der Waals surface area (Å²) in [6.45, 7) is 7.10. The van der Waals surface area contributed by atoms with Gasteiger partial charge in [0.25, 0.3) is 0 Å². The highest BCUT2D eigenvalue weighted by atomic mass is 79.9. The molecule has 1 amide bonds. The lowest BCUT2D eigenvalue weighted by Crippen LogP contribution is -2.29. The second-order valence-corrected chi connectivity index (χ2v) is 5.04. The van der Waals surface area contributed by atoms with Crippen molar-refractivity contribution in [2.24, 2.45) is 5.92 Å². The zero-order valence-electron chi connectivity index (χ0n) is 8.77. The SMILES string of the molecule is CCC(Br)CNC(=O)CCC(C)C. The average Bonchev–Trinajstić information content (AvgIpc) is 2.10. The van der Waals surface area contributed by atoms with Crippen LogP contribution in [0, 0.1) is 5.92 Å². The van der Waals surface area contributed by atoms with Crippen molar-refractivity contribution in [1.29, 1.82) is 0 Å². The molecule has 2 nitrogen and oxygen atoms in total. The van der Waals surface area contributed by atoms with Crippen LogP contribution in [0.15, 0.2) is 0 Å². The average molecular weight is 250 g/mol. The summed E-state index contributed by atoms with van der Waals surface area (Å²) in [6.07, 6.45) is 2.68. The summed E-state index contributed by atoms with van der Waals surface area (Å²) >= 11 is 3.47. The molecule has 0 heterocycles. The van der Waals surface area contributed by atoms with E-state index in [-0.39, 0.29) is 5.91 Å². The number of amides is 1. The van der Waals surface area contributed by atoms with Crippen molar-refractivity contribution in [2.45, 2.75) is 44.9 Å². The van der Waals surface area contributed by atoms with E-state index in [1.807, 2.05) is 0 Å². The van der Waals surface area contributed by atoms with E-state index < -0.39 is 0 Å². The van der Waals surface area contributed by atoms with Gasteiger partial charge in [0.2, 0.25) is 5.91 Å². The predicted octanol–water partition coefficient (Wildman–Crippen LogP) is 2.71. The molecule has 1 unspecified atom stereocenters. The zero-order valence-corrected chi connectivity index (χ0v) is 10.4. The molecule has 0 radical (unpaired) electrons. The van der Waals surface area contributed by atoms with Crippen LogP contribution in [0.2, 0.25) is 0 Å². The van der Waals surface area contributed by atoms with E-state index >= 15 is 0 Å². The molecular weight excluding hydrogens is 230 g/mol. The Kier molecular flexibility index (Phi) is 7.33. The third kappa shape index (κ3) is 8.28. The predicted molar refractivity (Wildman–Crippen MR) is 60.1 cm³/mol. The molecule has 0 bridgehead atoms. The minimum atomic E-state index is 0.173. The van der Waals surface area contributed by atoms with E-state index in [1.165, 1.54) is 0 Å². The molecule has 1 N–H and O–H groups in total. The summed E-state index contributed by atoms with van der Waals surface area (Å²) in [5, 5.41) is 2.90. The molecule has 0 aliphatic carbocycles. The lowest BCUT2D eigenvalue weighted by atomic mass is 10.1. The van der Waals surface area contributed by atoms with Gasteiger partial charge in [-0.2, -0.15) is 0 Å². The van der Waals surface area contributed by atoms with Crippen molar-refractivity contribution in [3.63, 3.8) is 0 Å². The molecule has 0 fully saturated rings. The molecule has 0 aliphatic rings. The highest BCUT2D eigenvalue weighted by molar-refractivity contribution is 9.09. The monoisotopic (exact) mass is 249 g/mol. The van der Waals surface area contributed by atoms with Gasteiger partial charge in [0, 0.05) is 17.8 Å². The van der Waals surface area contributed by atoms with Gasteiger partial charge in [-0.1, -0.05) is 36.7 Å². The Balaban J connectivity index is 3.40. The van der Waals surface area contributed by atoms with Gasteiger partial charge >= 0.3 is 0 Å². The van der Waals surface area contributed by atoms with Crippen molar-refractivity contribution in [3.05, 3.63) is 0 Å². The highest BCUT2D eigenvalue weighted by Gasteiger charge is 2.05. The third-order valence-electron chi connectivity index (χ3n) is 1.91. The van der Waals surface area contributed by atoms with Crippen molar-refractivity contribution in [2.75, 3.05) is 6.54 Å². The van der Waals surface area contributed by atoms with E-state index in [9.17, 15) is 4.79 Å². The van der Waals surface area contributed by atoms with Crippen LogP contribution in [-0.2, 0) is 4.79 Å². The fraction of sp³-hybridized carbons (Fsp3) is 0.900. The Morgan fingerprint density at radius 3 is 2.54 bits per heavy atom. The quantitative estimate of drug-likeness (QED) is 0.721. The molecule has 78 valence electrons. The van der Waals surface area contributed by atoms with Crippen molar-refractivity contribution in [3.8, 4) is 0 Å². The van der Waals surface area contributed by atoms with E-state index in [4.69, 9.17) is 0 Å². The van der Waals surface area contributed by atoms with Gasteiger partial charge in [0.15, 0.2) is 0 Å². The number of nitrogens with one attached hydrogen (secondary N) is 1. The Morgan fingerprint density at radius 1 is 1.46 bits per heavy atom. The third-order valence-corrected chi connectivity index (χ3v) is 2.88. The Labute approximate surface area is 89.6 Å². The van der Waals surface area contributed by atoms with Crippen molar-refractivity contribution < 1.29 is 4.79 Å². The second kappa shape index (κ2) is 7.36. The molecule has 0 aromatic heterocycles. The van der Waals surface area contributed by atoms with E-state index in [0.29, 0.717) is 17.2 Å². The van der Waals surface area contributed by atoms with Gasteiger partial charge < -0.3 is 5.32 Å². The Hall–Kier alpha value is -0.0500. The number of rotatable bonds is 6. The number of alkyl halides is 1. The Bertz CT molecular complexity index is 148. The molecule has 0 aliphatic heterocycles. The van der Waals surface area contributed by atoms with Crippen molar-refractivity contribution in [1.82, 2.24) is 5.32 Å². The summed E-state index contributed by atoms with van der Waals surface area (Å²) in [5.74, 6) is 0.781. The van der Waals surface area contributed by atoms with Crippen LogP contribution in [0.5, 0.6) is 0 Å². The van der Waals surface area contributed by atoms with Gasteiger partial charge in [0.1, 0.15) is 0 Å². The van der Waals surface area contributed by atoms with Crippen LogP contribution in [-0.4, -0.2) is 17.3 Å². The van der Waals surface area contributed by atoms with Crippen LogP contribution in [0.3, 0.4) is 0 Å². The zero-order chi connectivity index (χ0) is 10.3. The normalized spacial score (nSPS) is 13.0. The lowest BCUT2D eigenvalue weighted by molar-refractivity contribution is -0.121. The fourth-order valence-corrected chi connectivity index (χ4v) is 1.04. The number of carbonyl (C=O) groups excluding carboxylic acids is 1. The summed E-state index contributed by atoms with van der Waals surface area (Å²) < 4.78 is 0. The molecule has 3 heteroatoms. The lowest BCUT2D eigenvalue weighted by Gasteiger charge is -2.09. The van der Waals surface area contributed by atoms with Gasteiger partial charge in [-0.3, -0.25) is 4.79 Å². The largest absolute Gasteiger partial charge is 0.355 e. The highest BCUT2D eigenvalue weighted by Crippen LogP contribution is 2.04. The van der Waals surface area contributed by atoms with E-state index in [0.717, 1.165) is 19.4 Å². The molecule has 0 aromatic rings. The van der Waals surface area contributed by atoms with Crippen molar-refractivity contribution >= 4 is 21.8 Å². The van der Waals surface area contributed by atoms with Crippen LogP contribution in [0.25, 0.3) is 0 Å². The van der Waals surface area contributed by atoms with Gasteiger partial charge in [-0.15, -0.1) is 0 Å². The number of hydrogen-bond acceptors (Lipinski definition) is 1. The second-order valence-electron chi connectivity index (χ2n) is 3.74. The standard InChI is InChI=1S/C10H20BrNO/c1-4-9(11)7-12-10(13)6-5-8(2)3/h8-9H,4-7H2,1-3H3,(H,12,13). The molecular formula is C10H20BrNO. The fourth-order valence-electron chi connectivity index (χ4n) is 0.877. The van der Waals surface area contributed by atoms with Gasteiger partial charge in [-0.05, 0) is 18.8 Å². The van der Waals surface area contributed by atoms with Crippen LogP contribution < -0.4 is 5.32 Å². The summed E-state index contributed by atoms with van der Waals surface area (Å²) in [7, 11) is 0. The first kappa shape index (κ1) is 12.9. The first-order valence-electron chi connectivity index (χ1n) is 4.97. The minimum absolute atomic E-state index is 0.173. The Morgan fingerprint density at radius 2 is 2.08 bits per heavy atom. The number of hydrogen-bond donors (Lipinski definition) is 1. The van der Waals surface area contributed by atoms with E-state index in [2.05, 4.69) is 42.0 Å². The maximum Gasteiger partial charge on any atom is 0.220 e. The number of halogens is 1. The molecule has 0 saturated heterocycles. The smallest absolute Gasteiger partial charge is 0.220 e. The molecule has 0 saturated carbocycles. The maximum absolute atomic E-state index is 11.2. The van der Waals surface area contributed by atoms with Gasteiger partial charge in [0.05, 0.1) is 0 Å². The molecule has 1 atom stereocenters. The van der Waals surface area contributed by atoms with E-state index in [1.54, 1.807) is 0 Å². The molecule has 0 spiro atoms. The van der Waals surface area contributed by atoms with Gasteiger partial charge in [-0.25, -0.2) is 0 Å².